The van der Waals surface area contributed by atoms with Gasteiger partial charge < -0.3 is 15.4 Å². The van der Waals surface area contributed by atoms with Gasteiger partial charge in [-0.15, -0.1) is 24.0 Å². The predicted octanol–water partition coefficient (Wildman–Crippen LogP) is 2.06. The van der Waals surface area contributed by atoms with Crippen LogP contribution in [0.3, 0.4) is 0 Å². The van der Waals surface area contributed by atoms with Crippen LogP contribution in [0.1, 0.15) is 19.4 Å². The molecule has 0 radical (unpaired) electrons. The van der Waals surface area contributed by atoms with Crippen LogP contribution < -0.4 is 10.6 Å². The summed E-state index contributed by atoms with van der Waals surface area (Å²) in [4.78, 5) is 4.48. The molecule has 1 aromatic carbocycles. The first-order valence-corrected chi connectivity index (χ1v) is 10.3. The number of sulfone groups is 1. The number of hydrogen-bond acceptors (Lipinski definition) is 4. The van der Waals surface area contributed by atoms with E-state index < -0.39 is 9.84 Å². The standard InChI is InChI=1S/C17H29N3O3S.HI/c1-4-18-17(19-10-11-24(3,21)22)20-12-15(2)13-23-14-16-8-6-5-7-9-16;/h5-9,15H,4,10-14H2,1-3H3,(H2,18,19,20);1H. The van der Waals surface area contributed by atoms with Crippen LogP contribution >= 0.6 is 24.0 Å². The highest BCUT2D eigenvalue weighted by Crippen LogP contribution is 2.03. The number of ether oxygens (including phenoxy) is 1. The molecule has 1 atom stereocenters. The van der Waals surface area contributed by atoms with Crippen molar-refractivity contribution in [2.45, 2.75) is 20.5 Å². The summed E-state index contributed by atoms with van der Waals surface area (Å²) in [6.07, 6.45) is 1.23. The molecule has 0 heterocycles. The molecule has 25 heavy (non-hydrogen) atoms. The van der Waals surface area contributed by atoms with Crippen LogP contribution in [0.15, 0.2) is 35.3 Å². The van der Waals surface area contributed by atoms with Gasteiger partial charge in [0.25, 0.3) is 0 Å². The number of rotatable bonds is 10. The van der Waals surface area contributed by atoms with Crippen molar-refractivity contribution in [1.82, 2.24) is 10.6 Å². The minimum absolute atomic E-state index is 0. The van der Waals surface area contributed by atoms with E-state index in [0.29, 0.717) is 32.3 Å². The summed E-state index contributed by atoms with van der Waals surface area (Å²) in [6, 6.07) is 10.1. The zero-order valence-corrected chi connectivity index (χ0v) is 18.3. The second-order valence-electron chi connectivity index (χ2n) is 5.88. The summed E-state index contributed by atoms with van der Waals surface area (Å²) in [6.45, 7) is 6.97. The van der Waals surface area contributed by atoms with Crippen molar-refractivity contribution in [3.05, 3.63) is 35.9 Å². The van der Waals surface area contributed by atoms with Crippen molar-refractivity contribution in [1.29, 1.82) is 0 Å². The maximum Gasteiger partial charge on any atom is 0.191 e. The number of aliphatic imine (C=N–C) groups is 1. The topological polar surface area (TPSA) is 79.8 Å². The Morgan fingerprint density at radius 1 is 1.24 bits per heavy atom. The van der Waals surface area contributed by atoms with Gasteiger partial charge >= 0.3 is 0 Å². The van der Waals surface area contributed by atoms with Gasteiger partial charge in [0.05, 0.1) is 19.0 Å². The van der Waals surface area contributed by atoms with Crippen LogP contribution in [-0.2, 0) is 21.2 Å². The van der Waals surface area contributed by atoms with E-state index in [1.165, 1.54) is 6.26 Å². The molecule has 144 valence electrons. The highest BCUT2D eigenvalue weighted by Gasteiger charge is 2.05. The Morgan fingerprint density at radius 2 is 1.92 bits per heavy atom. The molecule has 0 aromatic heterocycles. The van der Waals surface area contributed by atoms with Gasteiger partial charge in [-0.3, -0.25) is 4.99 Å². The predicted molar refractivity (Wildman–Crippen MR) is 114 cm³/mol. The van der Waals surface area contributed by atoms with Crippen molar-refractivity contribution in [2.24, 2.45) is 10.9 Å². The molecule has 2 N–H and O–H groups in total. The minimum atomic E-state index is -2.97. The average molecular weight is 483 g/mol. The second kappa shape index (κ2) is 13.3. The molecule has 0 aliphatic heterocycles. The van der Waals surface area contributed by atoms with Crippen molar-refractivity contribution in [3.63, 3.8) is 0 Å². The molecule has 0 saturated heterocycles. The van der Waals surface area contributed by atoms with Gasteiger partial charge in [0.2, 0.25) is 0 Å². The Hall–Kier alpha value is -0.870. The zero-order valence-electron chi connectivity index (χ0n) is 15.2. The number of guanidine groups is 1. The molecule has 1 aromatic rings. The summed E-state index contributed by atoms with van der Waals surface area (Å²) in [5.41, 5.74) is 1.16. The largest absolute Gasteiger partial charge is 0.376 e. The van der Waals surface area contributed by atoms with Crippen molar-refractivity contribution in [3.8, 4) is 0 Å². The first-order valence-electron chi connectivity index (χ1n) is 8.22. The van der Waals surface area contributed by atoms with Crippen LogP contribution in [0.4, 0.5) is 0 Å². The molecule has 0 fully saturated rings. The molecule has 1 unspecified atom stereocenters. The molecule has 8 heteroatoms. The summed E-state index contributed by atoms with van der Waals surface area (Å²) in [7, 11) is -2.97. The van der Waals surface area contributed by atoms with Gasteiger partial charge in [-0.2, -0.15) is 0 Å². The maximum absolute atomic E-state index is 11.2. The van der Waals surface area contributed by atoms with Crippen LogP contribution in [0.2, 0.25) is 0 Å². The third kappa shape index (κ3) is 13.1. The van der Waals surface area contributed by atoms with E-state index in [-0.39, 0.29) is 35.6 Å². The molecule has 0 spiro atoms. The monoisotopic (exact) mass is 483 g/mol. The Labute approximate surface area is 168 Å². The molecule has 1 rings (SSSR count). The van der Waals surface area contributed by atoms with Gasteiger partial charge in [-0.05, 0) is 18.4 Å². The minimum Gasteiger partial charge on any atom is -0.376 e. The maximum atomic E-state index is 11.2. The molecule has 6 nitrogen and oxygen atoms in total. The smallest absolute Gasteiger partial charge is 0.191 e. The molecule has 0 aliphatic carbocycles. The number of hydrogen-bond donors (Lipinski definition) is 2. The van der Waals surface area contributed by atoms with Crippen LogP contribution in [0, 0.1) is 5.92 Å². The van der Waals surface area contributed by atoms with Crippen molar-refractivity contribution < 1.29 is 13.2 Å². The number of benzene rings is 1. The van der Waals surface area contributed by atoms with E-state index in [0.717, 1.165) is 12.1 Å². The van der Waals surface area contributed by atoms with E-state index in [4.69, 9.17) is 4.74 Å². The van der Waals surface area contributed by atoms with Crippen LogP contribution in [-0.4, -0.2) is 52.6 Å². The van der Waals surface area contributed by atoms with Crippen molar-refractivity contribution >= 4 is 39.8 Å². The summed E-state index contributed by atoms with van der Waals surface area (Å²) >= 11 is 0. The lowest BCUT2D eigenvalue weighted by Gasteiger charge is -2.13. The second-order valence-corrected chi connectivity index (χ2v) is 8.14. The van der Waals surface area contributed by atoms with Gasteiger partial charge in [-0.25, -0.2) is 8.42 Å². The highest BCUT2D eigenvalue weighted by atomic mass is 127. The Balaban J connectivity index is 0.00000576. The molecule has 0 amide bonds. The molecule has 0 aliphatic rings. The first-order chi connectivity index (χ1) is 11.4. The highest BCUT2D eigenvalue weighted by molar-refractivity contribution is 14.0. The Morgan fingerprint density at radius 3 is 2.52 bits per heavy atom. The van der Waals surface area contributed by atoms with Crippen molar-refractivity contribution in [2.75, 3.05) is 38.2 Å². The number of halogens is 1. The van der Waals surface area contributed by atoms with Crippen LogP contribution in [0.5, 0.6) is 0 Å². The summed E-state index contributed by atoms with van der Waals surface area (Å²) < 4.78 is 28.0. The third-order valence-electron chi connectivity index (χ3n) is 3.18. The van der Waals surface area contributed by atoms with Gasteiger partial charge in [-0.1, -0.05) is 37.3 Å². The third-order valence-corrected chi connectivity index (χ3v) is 4.13. The van der Waals surface area contributed by atoms with Gasteiger partial charge in [0.15, 0.2) is 5.96 Å². The fraction of sp³-hybridized carbons (Fsp3) is 0.588. The van der Waals surface area contributed by atoms with E-state index >= 15 is 0 Å². The number of nitrogens with zero attached hydrogens (tertiary/aromatic N) is 1. The Bertz CT molecular complexity index is 594. The van der Waals surface area contributed by atoms with E-state index in [1.807, 2.05) is 37.3 Å². The number of nitrogens with one attached hydrogen (secondary N) is 2. The van der Waals surface area contributed by atoms with Crippen LogP contribution in [0.25, 0.3) is 0 Å². The zero-order chi connectivity index (χ0) is 17.8. The van der Waals surface area contributed by atoms with E-state index in [2.05, 4.69) is 22.5 Å². The Kier molecular flexibility index (Phi) is 12.9. The molecule has 0 bridgehead atoms. The van der Waals surface area contributed by atoms with E-state index in [1.54, 1.807) is 0 Å². The normalized spacial score (nSPS) is 13.0. The average Bonchev–Trinajstić information content (AvgIpc) is 2.52. The lowest BCUT2D eigenvalue weighted by atomic mass is 10.2. The molecular weight excluding hydrogens is 453 g/mol. The van der Waals surface area contributed by atoms with E-state index in [9.17, 15) is 8.42 Å². The lowest BCUT2D eigenvalue weighted by molar-refractivity contribution is 0.0945. The fourth-order valence-corrected chi connectivity index (χ4v) is 2.42. The SMILES string of the molecule is CCNC(=NCC(C)COCc1ccccc1)NCCS(C)(=O)=O.I. The quantitative estimate of drug-likeness (QED) is 0.303. The molecular formula is C17H30IN3O3S. The lowest BCUT2D eigenvalue weighted by Crippen LogP contribution is -2.39. The fourth-order valence-electron chi connectivity index (χ4n) is 1.95. The van der Waals surface area contributed by atoms with Gasteiger partial charge in [0.1, 0.15) is 9.84 Å². The first kappa shape index (κ1) is 24.1. The molecule has 0 saturated carbocycles. The van der Waals surface area contributed by atoms with Gasteiger partial charge in [0, 0.05) is 25.9 Å². The summed E-state index contributed by atoms with van der Waals surface area (Å²) in [5, 5.41) is 6.14. The summed E-state index contributed by atoms with van der Waals surface area (Å²) in [5.74, 6) is 1.00.